The maximum absolute atomic E-state index is 4.62. The number of H-pyrrole nitrogens is 1. The number of allylic oxidation sites excluding steroid dienone is 2. The Balaban J connectivity index is 2.06. The molecule has 0 atom stereocenters. The predicted molar refractivity (Wildman–Crippen MR) is 64.9 cm³/mol. The highest BCUT2D eigenvalue weighted by Crippen LogP contribution is 2.29. The van der Waals surface area contributed by atoms with Crippen LogP contribution in [-0.4, -0.2) is 9.97 Å². The minimum atomic E-state index is 0.552. The van der Waals surface area contributed by atoms with Gasteiger partial charge in [0.25, 0.3) is 0 Å². The van der Waals surface area contributed by atoms with E-state index in [0.717, 1.165) is 34.2 Å². The molecule has 1 aliphatic rings. The summed E-state index contributed by atoms with van der Waals surface area (Å²) in [6, 6.07) is 6.15. The predicted octanol–water partition coefficient (Wildman–Crippen LogP) is 3.76. The molecule has 0 aliphatic heterocycles. The summed E-state index contributed by atoms with van der Waals surface area (Å²) >= 11 is 3.47. The maximum Gasteiger partial charge on any atom is 0.110 e. The Morgan fingerprint density at radius 3 is 2.87 bits per heavy atom. The zero-order valence-electron chi connectivity index (χ0n) is 8.20. The number of hydrogen-bond acceptors (Lipinski definition) is 1. The molecule has 1 aromatic carbocycles. The van der Waals surface area contributed by atoms with Crippen LogP contribution >= 0.6 is 15.9 Å². The van der Waals surface area contributed by atoms with Gasteiger partial charge in [0.15, 0.2) is 0 Å². The highest BCUT2D eigenvalue weighted by molar-refractivity contribution is 9.10. The molecular weight excluding hydrogens is 252 g/mol. The Morgan fingerprint density at radius 1 is 1.27 bits per heavy atom. The summed E-state index contributed by atoms with van der Waals surface area (Å²) in [4.78, 5) is 8.02. The van der Waals surface area contributed by atoms with E-state index in [1.165, 1.54) is 0 Å². The molecule has 76 valence electrons. The van der Waals surface area contributed by atoms with Crippen molar-refractivity contribution in [3.8, 4) is 0 Å². The zero-order chi connectivity index (χ0) is 10.3. The van der Waals surface area contributed by atoms with Gasteiger partial charge in [0.1, 0.15) is 5.82 Å². The second-order valence-corrected chi connectivity index (χ2v) is 4.84. The average Bonchev–Trinajstić information content (AvgIpc) is 2.84. The van der Waals surface area contributed by atoms with E-state index in [1.807, 2.05) is 12.1 Å². The molecule has 1 aliphatic carbocycles. The number of hydrogen-bond donors (Lipinski definition) is 1. The Kier molecular flexibility index (Phi) is 2.13. The summed E-state index contributed by atoms with van der Waals surface area (Å²) < 4.78 is 1.09. The van der Waals surface area contributed by atoms with Crippen LogP contribution in [0.25, 0.3) is 11.0 Å². The number of nitrogens with one attached hydrogen (secondary N) is 1. The zero-order valence-corrected chi connectivity index (χ0v) is 9.79. The third kappa shape index (κ3) is 1.61. The van der Waals surface area contributed by atoms with Gasteiger partial charge in [0, 0.05) is 10.4 Å². The van der Waals surface area contributed by atoms with E-state index in [4.69, 9.17) is 0 Å². The molecule has 2 nitrogen and oxygen atoms in total. The van der Waals surface area contributed by atoms with Crippen LogP contribution in [0.3, 0.4) is 0 Å². The highest BCUT2D eigenvalue weighted by Gasteiger charge is 2.16. The lowest BCUT2D eigenvalue weighted by atomic mass is 10.1. The molecule has 0 spiro atoms. The standard InChI is InChI=1S/C12H11BrN2/c13-9-5-6-10-11(7-9)15-12(14-10)8-3-1-2-4-8/h1-2,5-8H,3-4H2,(H,14,15). The summed E-state index contributed by atoms with van der Waals surface area (Å²) in [5.74, 6) is 1.67. The van der Waals surface area contributed by atoms with E-state index in [2.05, 4.69) is 44.1 Å². The lowest BCUT2D eigenvalue weighted by Gasteiger charge is -2.02. The van der Waals surface area contributed by atoms with Gasteiger partial charge in [-0.3, -0.25) is 0 Å². The largest absolute Gasteiger partial charge is 0.342 e. The van der Waals surface area contributed by atoms with E-state index in [0.29, 0.717) is 5.92 Å². The lowest BCUT2D eigenvalue weighted by molar-refractivity contribution is 0.707. The normalized spacial score (nSPS) is 16.6. The van der Waals surface area contributed by atoms with Crippen LogP contribution in [0.15, 0.2) is 34.8 Å². The number of benzene rings is 1. The first kappa shape index (κ1) is 9.16. The number of aromatic amines is 1. The molecule has 0 bridgehead atoms. The van der Waals surface area contributed by atoms with Gasteiger partial charge >= 0.3 is 0 Å². The Morgan fingerprint density at radius 2 is 2.07 bits per heavy atom. The van der Waals surface area contributed by atoms with Gasteiger partial charge in [-0.2, -0.15) is 0 Å². The van der Waals surface area contributed by atoms with Crippen LogP contribution < -0.4 is 0 Å². The van der Waals surface area contributed by atoms with Gasteiger partial charge in [-0.15, -0.1) is 0 Å². The van der Waals surface area contributed by atoms with Crippen LogP contribution in [0.2, 0.25) is 0 Å². The van der Waals surface area contributed by atoms with E-state index in [9.17, 15) is 0 Å². The summed E-state index contributed by atoms with van der Waals surface area (Å²) in [5, 5.41) is 0. The summed E-state index contributed by atoms with van der Waals surface area (Å²) in [6.07, 6.45) is 6.68. The first-order chi connectivity index (χ1) is 7.33. The van der Waals surface area contributed by atoms with Crippen LogP contribution in [-0.2, 0) is 0 Å². The van der Waals surface area contributed by atoms with Crippen LogP contribution in [0.5, 0.6) is 0 Å². The average molecular weight is 263 g/mol. The number of fused-ring (bicyclic) bond motifs is 1. The number of nitrogens with zero attached hydrogens (tertiary/aromatic N) is 1. The molecule has 0 amide bonds. The first-order valence-electron chi connectivity index (χ1n) is 5.13. The van der Waals surface area contributed by atoms with Gasteiger partial charge in [-0.1, -0.05) is 28.1 Å². The molecule has 1 heterocycles. The minimum absolute atomic E-state index is 0.552. The third-order valence-corrected chi connectivity index (χ3v) is 3.35. The number of halogens is 1. The van der Waals surface area contributed by atoms with Gasteiger partial charge < -0.3 is 4.98 Å². The van der Waals surface area contributed by atoms with Gasteiger partial charge in [0.05, 0.1) is 11.0 Å². The van der Waals surface area contributed by atoms with Gasteiger partial charge in [-0.25, -0.2) is 4.98 Å². The first-order valence-corrected chi connectivity index (χ1v) is 5.92. The number of imidazole rings is 1. The molecule has 15 heavy (non-hydrogen) atoms. The molecule has 0 radical (unpaired) electrons. The maximum atomic E-state index is 4.62. The van der Waals surface area contributed by atoms with Crippen molar-refractivity contribution in [3.05, 3.63) is 40.6 Å². The number of rotatable bonds is 1. The minimum Gasteiger partial charge on any atom is -0.342 e. The molecule has 1 N–H and O–H groups in total. The van der Waals surface area contributed by atoms with Crippen molar-refractivity contribution in [2.45, 2.75) is 18.8 Å². The summed E-state index contributed by atoms with van der Waals surface area (Å²) in [6.45, 7) is 0. The van der Waals surface area contributed by atoms with E-state index < -0.39 is 0 Å². The molecule has 0 saturated carbocycles. The monoisotopic (exact) mass is 262 g/mol. The van der Waals surface area contributed by atoms with Crippen LogP contribution in [0, 0.1) is 0 Å². The Bertz CT molecular complexity index is 519. The van der Waals surface area contributed by atoms with E-state index in [1.54, 1.807) is 0 Å². The van der Waals surface area contributed by atoms with Crippen molar-refractivity contribution >= 4 is 27.0 Å². The summed E-state index contributed by atoms with van der Waals surface area (Å²) in [5.41, 5.74) is 2.17. The Hall–Kier alpha value is -1.09. The van der Waals surface area contributed by atoms with Crippen molar-refractivity contribution in [1.82, 2.24) is 9.97 Å². The van der Waals surface area contributed by atoms with Crippen LogP contribution in [0.4, 0.5) is 0 Å². The fourth-order valence-electron chi connectivity index (χ4n) is 2.04. The molecule has 0 fully saturated rings. The smallest absolute Gasteiger partial charge is 0.110 e. The molecule has 3 heteroatoms. The highest BCUT2D eigenvalue weighted by atomic mass is 79.9. The van der Waals surface area contributed by atoms with Crippen molar-refractivity contribution in [3.63, 3.8) is 0 Å². The fraction of sp³-hybridized carbons (Fsp3) is 0.250. The third-order valence-electron chi connectivity index (χ3n) is 2.86. The van der Waals surface area contributed by atoms with Crippen molar-refractivity contribution in [2.24, 2.45) is 0 Å². The van der Waals surface area contributed by atoms with Crippen LogP contribution in [0.1, 0.15) is 24.6 Å². The molecule has 0 saturated heterocycles. The van der Waals surface area contributed by atoms with Crippen molar-refractivity contribution in [2.75, 3.05) is 0 Å². The van der Waals surface area contributed by atoms with E-state index >= 15 is 0 Å². The molecule has 0 unspecified atom stereocenters. The SMILES string of the molecule is Brc1ccc2nc(C3CC=CC3)[nH]c2c1. The second-order valence-electron chi connectivity index (χ2n) is 3.92. The molecule has 1 aromatic heterocycles. The molecular formula is C12H11BrN2. The van der Waals surface area contributed by atoms with Gasteiger partial charge in [0.2, 0.25) is 0 Å². The van der Waals surface area contributed by atoms with Gasteiger partial charge in [-0.05, 0) is 31.0 Å². The Labute approximate surface area is 96.5 Å². The lowest BCUT2D eigenvalue weighted by Crippen LogP contribution is -1.94. The quantitative estimate of drug-likeness (QED) is 0.780. The second kappa shape index (κ2) is 3.49. The molecule has 2 aromatic rings. The van der Waals surface area contributed by atoms with Crippen molar-refractivity contribution < 1.29 is 0 Å². The molecule has 3 rings (SSSR count). The fourth-order valence-corrected chi connectivity index (χ4v) is 2.40. The topological polar surface area (TPSA) is 28.7 Å². The number of aromatic nitrogens is 2. The van der Waals surface area contributed by atoms with Crippen molar-refractivity contribution in [1.29, 1.82) is 0 Å². The summed E-state index contributed by atoms with van der Waals surface area (Å²) in [7, 11) is 0. The van der Waals surface area contributed by atoms with E-state index in [-0.39, 0.29) is 0 Å².